The Balaban J connectivity index is 1.72. The Hall–Kier alpha value is -2.68. The molecule has 2 aromatic heterocycles. The molecule has 1 atom stereocenters. The number of rotatable bonds is 7. The highest BCUT2D eigenvalue weighted by molar-refractivity contribution is 7.98. The number of H-pyrrole nitrogens is 1. The third-order valence-electron chi connectivity index (χ3n) is 3.67. The summed E-state index contributed by atoms with van der Waals surface area (Å²) in [6.07, 6.45) is 2.69. The van der Waals surface area contributed by atoms with Crippen molar-refractivity contribution in [3.8, 4) is 11.3 Å². The van der Waals surface area contributed by atoms with Gasteiger partial charge in [-0.25, -0.2) is 0 Å². The SMILES string of the molecule is CSCC[C@@H](NC(=O)c1cc(-c2ccc(C)cc2)no1)c1nn[nH]n1. The predicted octanol–water partition coefficient (Wildman–Crippen LogP) is 2.39. The Kier molecular flexibility index (Phi) is 5.44. The van der Waals surface area contributed by atoms with Gasteiger partial charge in [0.25, 0.3) is 5.91 Å². The summed E-state index contributed by atoms with van der Waals surface area (Å²) >= 11 is 1.68. The summed E-state index contributed by atoms with van der Waals surface area (Å²) in [6.45, 7) is 2.01. The Morgan fingerprint density at radius 3 is 2.84 bits per heavy atom. The Labute approximate surface area is 148 Å². The number of nitrogens with one attached hydrogen (secondary N) is 2. The second-order valence-corrected chi connectivity index (χ2v) is 6.51. The standard InChI is InChI=1S/C16H18N6O2S/c1-10-3-5-11(6-4-10)13-9-14(24-20-13)16(23)17-12(7-8-25-2)15-18-21-22-19-15/h3-6,9,12H,7-8H2,1-2H3,(H,17,23)(H,18,19,21,22)/t12-/m1/s1. The number of hydrogen-bond acceptors (Lipinski definition) is 7. The van der Waals surface area contributed by atoms with Crippen LogP contribution in [-0.4, -0.2) is 43.7 Å². The van der Waals surface area contributed by atoms with Crippen LogP contribution in [0.4, 0.5) is 0 Å². The Morgan fingerprint density at radius 1 is 1.36 bits per heavy atom. The quantitative estimate of drug-likeness (QED) is 0.667. The molecule has 2 N–H and O–H groups in total. The van der Waals surface area contributed by atoms with Crippen LogP contribution in [0.25, 0.3) is 11.3 Å². The summed E-state index contributed by atoms with van der Waals surface area (Å²) in [5.41, 5.74) is 2.66. The number of aryl methyl sites for hydroxylation is 1. The van der Waals surface area contributed by atoms with Gasteiger partial charge in [0.05, 0.1) is 6.04 Å². The molecule has 0 saturated carbocycles. The van der Waals surface area contributed by atoms with Crippen molar-refractivity contribution in [1.29, 1.82) is 0 Å². The van der Waals surface area contributed by atoms with Gasteiger partial charge in [-0.3, -0.25) is 4.79 Å². The lowest BCUT2D eigenvalue weighted by atomic mass is 10.1. The number of aromatic amines is 1. The molecule has 25 heavy (non-hydrogen) atoms. The van der Waals surface area contributed by atoms with E-state index in [1.165, 1.54) is 0 Å². The van der Waals surface area contributed by atoms with Gasteiger partial charge in [0.15, 0.2) is 5.82 Å². The van der Waals surface area contributed by atoms with E-state index in [2.05, 4.69) is 31.1 Å². The van der Waals surface area contributed by atoms with Gasteiger partial charge in [0, 0.05) is 11.6 Å². The number of aromatic nitrogens is 5. The molecule has 0 aliphatic heterocycles. The van der Waals surface area contributed by atoms with E-state index in [1.54, 1.807) is 17.8 Å². The second kappa shape index (κ2) is 7.93. The Morgan fingerprint density at radius 2 is 2.16 bits per heavy atom. The van der Waals surface area contributed by atoms with Gasteiger partial charge in [-0.1, -0.05) is 40.2 Å². The van der Waals surface area contributed by atoms with Crippen LogP contribution in [0.3, 0.4) is 0 Å². The van der Waals surface area contributed by atoms with Gasteiger partial charge >= 0.3 is 0 Å². The minimum absolute atomic E-state index is 0.147. The number of hydrogen-bond donors (Lipinski definition) is 2. The number of thioether (sulfide) groups is 1. The van der Waals surface area contributed by atoms with Crippen LogP contribution in [0.5, 0.6) is 0 Å². The van der Waals surface area contributed by atoms with E-state index in [0.717, 1.165) is 16.9 Å². The lowest BCUT2D eigenvalue weighted by Gasteiger charge is -2.13. The molecule has 0 bridgehead atoms. The van der Waals surface area contributed by atoms with E-state index in [0.29, 0.717) is 17.9 Å². The number of amides is 1. The number of tetrazole rings is 1. The minimum Gasteiger partial charge on any atom is -0.350 e. The molecule has 0 aliphatic carbocycles. The van der Waals surface area contributed by atoms with Crippen LogP contribution < -0.4 is 5.32 Å². The molecule has 0 aliphatic rings. The maximum atomic E-state index is 12.5. The number of nitrogens with zero attached hydrogens (tertiary/aromatic N) is 4. The van der Waals surface area contributed by atoms with Crippen LogP contribution in [0, 0.1) is 6.92 Å². The lowest BCUT2D eigenvalue weighted by molar-refractivity contribution is 0.0896. The molecule has 1 aromatic carbocycles. The monoisotopic (exact) mass is 358 g/mol. The van der Waals surface area contributed by atoms with Crippen LogP contribution in [-0.2, 0) is 0 Å². The normalized spacial score (nSPS) is 12.1. The van der Waals surface area contributed by atoms with Crippen molar-refractivity contribution in [2.75, 3.05) is 12.0 Å². The summed E-state index contributed by atoms with van der Waals surface area (Å²) in [5, 5.41) is 20.7. The van der Waals surface area contributed by atoms with Gasteiger partial charge in [0.2, 0.25) is 5.76 Å². The van der Waals surface area contributed by atoms with Crippen molar-refractivity contribution in [3.63, 3.8) is 0 Å². The Bertz CT molecular complexity index is 816. The van der Waals surface area contributed by atoms with E-state index in [-0.39, 0.29) is 17.7 Å². The van der Waals surface area contributed by atoms with Crippen molar-refractivity contribution in [3.05, 3.63) is 47.5 Å². The maximum Gasteiger partial charge on any atom is 0.290 e. The molecular formula is C16H18N6O2S. The van der Waals surface area contributed by atoms with Crippen LogP contribution >= 0.6 is 11.8 Å². The minimum atomic E-state index is -0.359. The van der Waals surface area contributed by atoms with E-state index in [9.17, 15) is 4.79 Å². The summed E-state index contributed by atoms with van der Waals surface area (Å²) in [5.74, 6) is 1.08. The molecular weight excluding hydrogens is 340 g/mol. The zero-order chi connectivity index (χ0) is 17.6. The average molecular weight is 358 g/mol. The van der Waals surface area contributed by atoms with Crippen molar-refractivity contribution in [2.45, 2.75) is 19.4 Å². The summed E-state index contributed by atoms with van der Waals surface area (Å²) in [6, 6.07) is 9.13. The molecule has 0 radical (unpaired) electrons. The van der Waals surface area contributed by atoms with Crippen LogP contribution in [0.1, 0.15) is 34.4 Å². The molecule has 9 heteroatoms. The fourth-order valence-corrected chi connectivity index (χ4v) is 2.76. The largest absolute Gasteiger partial charge is 0.350 e. The average Bonchev–Trinajstić information content (AvgIpc) is 3.30. The highest BCUT2D eigenvalue weighted by Gasteiger charge is 2.22. The first-order valence-corrected chi connectivity index (χ1v) is 9.13. The van der Waals surface area contributed by atoms with E-state index in [4.69, 9.17) is 4.52 Å². The summed E-state index contributed by atoms with van der Waals surface area (Å²) in [4.78, 5) is 12.5. The molecule has 0 fully saturated rings. The number of benzene rings is 1. The van der Waals surface area contributed by atoms with Crippen molar-refractivity contribution in [1.82, 2.24) is 31.1 Å². The summed E-state index contributed by atoms with van der Waals surface area (Å²) in [7, 11) is 0. The topological polar surface area (TPSA) is 110 Å². The highest BCUT2D eigenvalue weighted by Crippen LogP contribution is 2.21. The van der Waals surface area contributed by atoms with Gasteiger partial charge < -0.3 is 9.84 Å². The number of carbonyl (C=O) groups is 1. The molecule has 2 heterocycles. The molecule has 0 unspecified atom stereocenters. The first-order valence-electron chi connectivity index (χ1n) is 7.74. The fourth-order valence-electron chi connectivity index (χ4n) is 2.29. The first-order chi connectivity index (χ1) is 12.2. The first kappa shape index (κ1) is 17.2. The van der Waals surface area contributed by atoms with Gasteiger partial charge in [0.1, 0.15) is 5.69 Å². The predicted molar refractivity (Wildman–Crippen MR) is 94.1 cm³/mol. The van der Waals surface area contributed by atoms with Crippen molar-refractivity contribution >= 4 is 17.7 Å². The highest BCUT2D eigenvalue weighted by atomic mass is 32.2. The molecule has 1 amide bonds. The fraction of sp³-hybridized carbons (Fsp3) is 0.312. The van der Waals surface area contributed by atoms with Crippen LogP contribution in [0.2, 0.25) is 0 Å². The zero-order valence-corrected chi connectivity index (χ0v) is 14.7. The van der Waals surface area contributed by atoms with Crippen molar-refractivity contribution in [2.24, 2.45) is 0 Å². The van der Waals surface area contributed by atoms with E-state index in [1.807, 2.05) is 37.4 Å². The van der Waals surface area contributed by atoms with E-state index < -0.39 is 0 Å². The summed E-state index contributed by atoms with van der Waals surface area (Å²) < 4.78 is 5.20. The smallest absolute Gasteiger partial charge is 0.290 e. The van der Waals surface area contributed by atoms with Crippen LogP contribution in [0.15, 0.2) is 34.9 Å². The molecule has 3 rings (SSSR count). The second-order valence-electron chi connectivity index (χ2n) is 5.52. The third-order valence-corrected chi connectivity index (χ3v) is 4.31. The molecule has 8 nitrogen and oxygen atoms in total. The molecule has 0 spiro atoms. The van der Waals surface area contributed by atoms with Gasteiger partial charge in [-0.15, -0.1) is 10.2 Å². The lowest BCUT2D eigenvalue weighted by Crippen LogP contribution is -2.29. The van der Waals surface area contributed by atoms with Gasteiger partial charge in [-0.2, -0.15) is 17.0 Å². The molecule has 3 aromatic rings. The molecule has 130 valence electrons. The van der Waals surface area contributed by atoms with Crippen molar-refractivity contribution < 1.29 is 9.32 Å². The van der Waals surface area contributed by atoms with E-state index >= 15 is 0 Å². The number of carbonyl (C=O) groups excluding carboxylic acids is 1. The molecule has 0 saturated heterocycles. The zero-order valence-electron chi connectivity index (χ0n) is 13.9. The maximum absolute atomic E-state index is 12.5. The third kappa shape index (κ3) is 4.24. The van der Waals surface area contributed by atoms with Gasteiger partial charge in [-0.05, 0) is 25.4 Å².